The van der Waals surface area contributed by atoms with E-state index in [9.17, 15) is 0 Å². The topological polar surface area (TPSA) is 0 Å². The van der Waals surface area contributed by atoms with E-state index < -0.39 is 0 Å². The minimum atomic E-state index is -0.0815. The smallest absolute Gasteiger partial charge is 0.0159 e. The van der Waals surface area contributed by atoms with E-state index >= 15 is 0 Å². The maximum Gasteiger partial charge on any atom is 0.0159 e. The van der Waals surface area contributed by atoms with Crippen molar-refractivity contribution in [3.8, 4) is 66.8 Å². The van der Waals surface area contributed by atoms with Crippen LogP contribution in [0.1, 0.15) is 83.3 Å². The van der Waals surface area contributed by atoms with E-state index in [2.05, 4.69) is 295 Å². The average molecular weight is 993 g/mol. The molecule has 0 heterocycles. The maximum absolute atomic E-state index is 2.52. The molecular weight excluding hydrogens is 937 g/mol. The molecule has 0 spiro atoms. The number of allylic oxidation sites excluding steroid dienone is 5. The lowest BCUT2D eigenvalue weighted by Crippen LogP contribution is -2.14. The summed E-state index contributed by atoms with van der Waals surface area (Å²) in [5.41, 5.74) is 35.5. The standard InChI is InChI=1S/C78H56/c1-77(2)65-35-19-17-31-59(65)73-57(33-21-37-67(73)77)51-39-43-55(44-40-51)69-63-47-61(49-23-9-5-10-24-49)62(50-25-11-6-12-26-50)48-64(63)75-71(70(53-27-13-7-14-28-53)72(76(69)75)54-29-15-8-16-30-54)56-45-41-52(42-46-56)58-34-22-38-68-74(58)60-32-18-20-36-66(60)78(68,3)4/h5-48H,1-4H3. The van der Waals surface area contributed by atoms with Crippen LogP contribution in [0.3, 0.4) is 0 Å². The highest BCUT2D eigenvalue weighted by Gasteiger charge is 2.42. The van der Waals surface area contributed by atoms with E-state index in [1.807, 2.05) is 0 Å². The second kappa shape index (κ2) is 17.6. The second-order valence-corrected chi connectivity index (χ2v) is 22.6. The Morgan fingerprint density at radius 2 is 0.462 bits per heavy atom. The first-order valence-electron chi connectivity index (χ1n) is 27.6. The van der Waals surface area contributed by atoms with Gasteiger partial charge in [0.2, 0.25) is 0 Å². The van der Waals surface area contributed by atoms with Crippen molar-refractivity contribution in [3.05, 3.63) is 328 Å². The number of hydrogen-bond donors (Lipinski definition) is 0. The Balaban J connectivity index is 1.01. The van der Waals surface area contributed by atoms with Gasteiger partial charge in [0.05, 0.1) is 0 Å². The van der Waals surface area contributed by atoms with Crippen LogP contribution < -0.4 is 0 Å². The SMILES string of the molecule is CC1(C)c2ccccc2-c2c(-c3ccc(C4=C5C(=C(c6ccc(-c7cccc8c7-c7ccccc7C8(C)C)cc6)c6cc(-c7ccccc7)c(-c7ccccc7)cc65)C(c5ccccc5)=C4c4ccccc4)cc3)cccc21. The Bertz CT molecular complexity index is 4330. The molecule has 0 aromatic heterocycles. The Morgan fingerprint density at radius 3 is 0.897 bits per heavy atom. The van der Waals surface area contributed by atoms with Crippen LogP contribution in [-0.2, 0) is 10.8 Å². The summed E-state index contributed by atoms with van der Waals surface area (Å²) in [7, 11) is 0. The van der Waals surface area contributed by atoms with E-state index in [1.54, 1.807) is 0 Å². The summed E-state index contributed by atoms with van der Waals surface area (Å²) in [5, 5.41) is 0. The molecule has 11 aromatic rings. The largest absolute Gasteiger partial charge is 0.0622 e. The van der Waals surface area contributed by atoms with Gasteiger partial charge < -0.3 is 0 Å². The molecule has 0 N–H and O–H groups in total. The lowest BCUT2D eigenvalue weighted by molar-refractivity contribution is 0.660. The second-order valence-electron chi connectivity index (χ2n) is 22.6. The summed E-state index contributed by atoms with van der Waals surface area (Å²) >= 11 is 0. The van der Waals surface area contributed by atoms with Gasteiger partial charge in [-0.2, -0.15) is 0 Å². The van der Waals surface area contributed by atoms with Crippen molar-refractivity contribution in [1.29, 1.82) is 0 Å². The Morgan fingerprint density at radius 1 is 0.179 bits per heavy atom. The summed E-state index contributed by atoms with van der Waals surface area (Å²) in [6.45, 7) is 9.48. The molecule has 0 amide bonds. The predicted molar refractivity (Wildman–Crippen MR) is 329 cm³/mol. The highest BCUT2D eigenvalue weighted by molar-refractivity contribution is 6.39. The van der Waals surface area contributed by atoms with Gasteiger partial charge in [0.25, 0.3) is 0 Å². The molecular formula is C78H56. The first-order valence-corrected chi connectivity index (χ1v) is 27.6. The predicted octanol–water partition coefficient (Wildman–Crippen LogP) is 20.3. The van der Waals surface area contributed by atoms with Gasteiger partial charge in [-0.05, 0) is 168 Å². The molecule has 4 aliphatic rings. The van der Waals surface area contributed by atoms with Crippen LogP contribution in [0.5, 0.6) is 0 Å². The van der Waals surface area contributed by atoms with Gasteiger partial charge in [0.15, 0.2) is 0 Å². The molecule has 15 rings (SSSR count). The van der Waals surface area contributed by atoms with E-state index in [4.69, 9.17) is 0 Å². The van der Waals surface area contributed by atoms with Gasteiger partial charge in [-0.3, -0.25) is 0 Å². The highest BCUT2D eigenvalue weighted by atomic mass is 14.4. The summed E-state index contributed by atoms with van der Waals surface area (Å²) < 4.78 is 0. The van der Waals surface area contributed by atoms with Crippen molar-refractivity contribution in [3.63, 3.8) is 0 Å². The molecule has 0 bridgehead atoms. The molecule has 4 aliphatic carbocycles. The van der Waals surface area contributed by atoms with Crippen LogP contribution in [-0.4, -0.2) is 0 Å². The van der Waals surface area contributed by atoms with Gasteiger partial charge in [0, 0.05) is 10.8 Å². The first kappa shape index (κ1) is 46.0. The molecule has 368 valence electrons. The Kier molecular flexibility index (Phi) is 10.4. The molecule has 0 unspecified atom stereocenters. The number of rotatable bonds is 8. The lowest BCUT2D eigenvalue weighted by Gasteiger charge is -2.21. The minimum absolute atomic E-state index is 0.0813. The maximum atomic E-state index is 2.52. The van der Waals surface area contributed by atoms with Crippen molar-refractivity contribution in [2.75, 3.05) is 0 Å². The first-order chi connectivity index (χ1) is 38.3. The number of fused-ring (bicyclic) bond motifs is 9. The lowest BCUT2D eigenvalue weighted by atomic mass is 9.82. The number of hydrogen-bond acceptors (Lipinski definition) is 0. The molecule has 0 aliphatic heterocycles. The third kappa shape index (κ3) is 6.86. The van der Waals surface area contributed by atoms with E-state index in [1.165, 1.54) is 156 Å². The molecule has 0 nitrogen and oxygen atoms in total. The molecule has 0 heteroatoms. The van der Waals surface area contributed by atoms with Crippen LogP contribution >= 0.6 is 0 Å². The van der Waals surface area contributed by atoms with Crippen LogP contribution in [0, 0.1) is 0 Å². The summed E-state index contributed by atoms with van der Waals surface area (Å²) in [6, 6.07) is 100. The van der Waals surface area contributed by atoms with Gasteiger partial charge in [-0.1, -0.05) is 282 Å². The third-order valence-electron chi connectivity index (χ3n) is 17.7. The Hall–Kier alpha value is -9.36. The van der Waals surface area contributed by atoms with E-state index in [-0.39, 0.29) is 10.8 Å². The monoisotopic (exact) mass is 992 g/mol. The molecule has 11 aromatic carbocycles. The molecule has 0 saturated carbocycles. The van der Waals surface area contributed by atoms with E-state index in [0.717, 1.165) is 0 Å². The normalized spacial score (nSPS) is 15.0. The van der Waals surface area contributed by atoms with Gasteiger partial charge in [0.1, 0.15) is 0 Å². The van der Waals surface area contributed by atoms with Crippen LogP contribution in [0.4, 0.5) is 0 Å². The summed E-state index contributed by atoms with van der Waals surface area (Å²) in [4.78, 5) is 0. The molecule has 78 heavy (non-hydrogen) atoms. The fourth-order valence-electron chi connectivity index (χ4n) is 14.0. The fraction of sp³-hybridized carbons (Fsp3) is 0.0769. The Labute approximate surface area is 458 Å². The molecule has 0 radical (unpaired) electrons. The molecule has 0 atom stereocenters. The summed E-state index contributed by atoms with van der Waals surface area (Å²) in [6.07, 6.45) is 0. The van der Waals surface area contributed by atoms with Crippen molar-refractivity contribution < 1.29 is 0 Å². The zero-order chi connectivity index (χ0) is 52.3. The quantitative estimate of drug-likeness (QED) is 0.142. The van der Waals surface area contributed by atoms with Crippen molar-refractivity contribution in [2.24, 2.45) is 0 Å². The molecule has 0 saturated heterocycles. The van der Waals surface area contributed by atoms with Crippen LogP contribution in [0.15, 0.2) is 272 Å². The van der Waals surface area contributed by atoms with Crippen LogP contribution in [0.2, 0.25) is 0 Å². The average Bonchev–Trinajstić information content (AvgIpc) is 3.59. The van der Waals surface area contributed by atoms with Crippen LogP contribution in [0.25, 0.3) is 94.6 Å². The van der Waals surface area contributed by atoms with Gasteiger partial charge in [-0.15, -0.1) is 0 Å². The fourth-order valence-corrected chi connectivity index (χ4v) is 14.0. The van der Waals surface area contributed by atoms with Crippen molar-refractivity contribution >= 4 is 27.9 Å². The van der Waals surface area contributed by atoms with Crippen molar-refractivity contribution in [1.82, 2.24) is 0 Å². The zero-order valence-electron chi connectivity index (χ0n) is 44.4. The molecule has 0 fully saturated rings. The third-order valence-corrected chi connectivity index (χ3v) is 17.7. The minimum Gasteiger partial charge on any atom is -0.0622 e. The van der Waals surface area contributed by atoms with Crippen molar-refractivity contribution in [2.45, 2.75) is 38.5 Å². The van der Waals surface area contributed by atoms with Gasteiger partial charge in [-0.25, -0.2) is 0 Å². The highest BCUT2D eigenvalue weighted by Crippen LogP contribution is 2.63. The van der Waals surface area contributed by atoms with E-state index in [0.29, 0.717) is 0 Å². The summed E-state index contributed by atoms with van der Waals surface area (Å²) in [5.74, 6) is 0. The zero-order valence-corrected chi connectivity index (χ0v) is 44.4. The van der Waals surface area contributed by atoms with Gasteiger partial charge >= 0.3 is 0 Å². The number of benzene rings is 11.